The van der Waals surface area contributed by atoms with E-state index in [1.807, 2.05) is 30.3 Å². The van der Waals surface area contributed by atoms with Crippen LogP contribution in [0.5, 0.6) is 0 Å². The van der Waals surface area contributed by atoms with Crippen LogP contribution in [-0.2, 0) is 5.75 Å². The third-order valence-corrected chi connectivity index (χ3v) is 4.38. The van der Waals surface area contributed by atoms with Crippen molar-refractivity contribution in [3.05, 3.63) is 63.6 Å². The molecule has 0 aliphatic carbocycles. The summed E-state index contributed by atoms with van der Waals surface area (Å²) in [4.78, 5) is 0.948. The van der Waals surface area contributed by atoms with Crippen LogP contribution in [0, 0.1) is 11.8 Å². The number of hydrogen-bond acceptors (Lipinski definition) is 2. The second-order valence-electron chi connectivity index (χ2n) is 3.98. The van der Waals surface area contributed by atoms with Gasteiger partial charge in [-0.15, -0.1) is 11.8 Å². The fourth-order valence-electron chi connectivity index (χ4n) is 1.65. The summed E-state index contributed by atoms with van der Waals surface area (Å²) in [6.07, 6.45) is 0. The number of rotatable bonds is 3. The van der Waals surface area contributed by atoms with Crippen LogP contribution < -0.4 is 0 Å². The van der Waals surface area contributed by atoms with Crippen molar-refractivity contribution in [1.82, 2.24) is 0 Å². The molecular weight excluding hydrogens is 311 g/mol. The summed E-state index contributed by atoms with van der Waals surface area (Å²) in [6.45, 7) is -0.137. The summed E-state index contributed by atoms with van der Waals surface area (Å²) in [5, 5.41) is 10.1. The van der Waals surface area contributed by atoms with E-state index in [1.54, 1.807) is 23.9 Å². The van der Waals surface area contributed by atoms with Crippen molar-refractivity contribution in [1.29, 1.82) is 0 Å². The standard InChI is InChI=1S/C16H12Cl2OS/c17-14-7-8-15(18)16(10-14)20-11-13-5-2-1-4-12(13)6-3-9-19/h1-2,4-5,7-8,10,19H,9,11H2. The molecule has 102 valence electrons. The second kappa shape index (κ2) is 7.61. The van der Waals surface area contributed by atoms with Gasteiger partial charge in [0.05, 0.1) is 5.02 Å². The lowest BCUT2D eigenvalue weighted by Crippen LogP contribution is -1.88. The van der Waals surface area contributed by atoms with Crippen molar-refractivity contribution in [3.63, 3.8) is 0 Å². The Balaban J connectivity index is 2.17. The van der Waals surface area contributed by atoms with Gasteiger partial charge in [0.15, 0.2) is 0 Å². The lowest BCUT2D eigenvalue weighted by Gasteiger charge is -2.06. The molecule has 0 fully saturated rings. The normalized spacial score (nSPS) is 9.95. The molecule has 1 N–H and O–H groups in total. The Bertz CT molecular complexity index is 659. The summed E-state index contributed by atoms with van der Waals surface area (Å²) >= 11 is 13.7. The van der Waals surface area contributed by atoms with Crippen molar-refractivity contribution >= 4 is 35.0 Å². The SMILES string of the molecule is OCC#Cc1ccccc1CSc1cc(Cl)ccc1Cl. The van der Waals surface area contributed by atoms with Crippen molar-refractivity contribution in [3.8, 4) is 11.8 Å². The highest BCUT2D eigenvalue weighted by atomic mass is 35.5. The minimum Gasteiger partial charge on any atom is -0.384 e. The first kappa shape index (κ1) is 15.3. The highest BCUT2D eigenvalue weighted by Gasteiger charge is 2.05. The molecule has 0 aliphatic rings. The molecule has 4 heteroatoms. The van der Waals surface area contributed by atoms with Gasteiger partial charge in [0.1, 0.15) is 6.61 Å². The highest BCUT2D eigenvalue weighted by Crippen LogP contribution is 2.32. The minimum atomic E-state index is -0.137. The summed E-state index contributed by atoms with van der Waals surface area (Å²) in [5.74, 6) is 6.37. The van der Waals surface area contributed by atoms with Crippen LogP contribution >= 0.6 is 35.0 Å². The Morgan fingerprint density at radius 2 is 1.90 bits per heavy atom. The van der Waals surface area contributed by atoms with Crippen molar-refractivity contribution in [2.24, 2.45) is 0 Å². The van der Waals surface area contributed by atoms with Gasteiger partial charge in [-0.25, -0.2) is 0 Å². The van der Waals surface area contributed by atoms with Gasteiger partial charge in [0, 0.05) is 21.2 Å². The topological polar surface area (TPSA) is 20.2 Å². The number of benzene rings is 2. The molecule has 0 aliphatic heterocycles. The van der Waals surface area contributed by atoms with Crippen LogP contribution in [-0.4, -0.2) is 11.7 Å². The number of thioether (sulfide) groups is 1. The molecule has 0 radical (unpaired) electrons. The Morgan fingerprint density at radius 3 is 2.70 bits per heavy atom. The van der Waals surface area contributed by atoms with Crippen LogP contribution in [0.1, 0.15) is 11.1 Å². The molecule has 0 atom stereocenters. The van der Waals surface area contributed by atoms with E-state index in [1.165, 1.54) is 0 Å². The quantitative estimate of drug-likeness (QED) is 0.656. The number of hydrogen-bond donors (Lipinski definition) is 1. The predicted octanol–water partition coefficient (Wildman–Crippen LogP) is 4.63. The highest BCUT2D eigenvalue weighted by molar-refractivity contribution is 7.98. The Hall–Kier alpha value is -1.11. The van der Waals surface area contributed by atoms with Crippen LogP contribution in [0.4, 0.5) is 0 Å². The number of halogens is 2. The van der Waals surface area contributed by atoms with Crippen LogP contribution in [0.2, 0.25) is 10.0 Å². The molecule has 0 unspecified atom stereocenters. The molecule has 0 heterocycles. The first-order valence-corrected chi connectivity index (χ1v) is 7.70. The maximum absolute atomic E-state index is 8.78. The summed E-state index contributed by atoms with van der Waals surface area (Å²) in [5.41, 5.74) is 2.03. The average Bonchev–Trinajstić information content (AvgIpc) is 2.47. The van der Waals surface area contributed by atoms with Gasteiger partial charge in [-0.3, -0.25) is 0 Å². The van der Waals surface area contributed by atoms with Gasteiger partial charge in [-0.2, -0.15) is 0 Å². The fourth-order valence-corrected chi connectivity index (χ4v) is 3.14. The molecule has 0 saturated carbocycles. The van der Waals surface area contributed by atoms with Gasteiger partial charge in [0.25, 0.3) is 0 Å². The van der Waals surface area contributed by atoms with E-state index in [2.05, 4.69) is 11.8 Å². The van der Waals surface area contributed by atoms with Crippen molar-refractivity contribution in [2.45, 2.75) is 10.6 Å². The van der Waals surface area contributed by atoms with Crippen LogP contribution in [0.25, 0.3) is 0 Å². The van der Waals surface area contributed by atoms with Crippen LogP contribution in [0.15, 0.2) is 47.4 Å². The smallest absolute Gasteiger partial charge is 0.104 e. The third-order valence-electron chi connectivity index (χ3n) is 2.60. The van der Waals surface area contributed by atoms with Gasteiger partial charge in [-0.1, -0.05) is 53.2 Å². The molecule has 2 aromatic rings. The van der Waals surface area contributed by atoms with Crippen molar-refractivity contribution < 1.29 is 5.11 Å². The average molecular weight is 323 g/mol. The van der Waals surface area contributed by atoms with E-state index >= 15 is 0 Å². The molecule has 1 nitrogen and oxygen atoms in total. The summed E-state index contributed by atoms with van der Waals surface area (Å²) in [7, 11) is 0. The van der Waals surface area contributed by atoms with Gasteiger partial charge in [-0.05, 0) is 29.8 Å². The lowest BCUT2D eigenvalue weighted by molar-refractivity contribution is 0.350. The zero-order valence-corrected chi connectivity index (χ0v) is 12.9. The summed E-state index contributed by atoms with van der Waals surface area (Å²) < 4.78 is 0. The molecule has 0 saturated heterocycles. The first-order chi connectivity index (χ1) is 9.70. The maximum atomic E-state index is 8.78. The Kier molecular flexibility index (Phi) is 5.82. The predicted molar refractivity (Wildman–Crippen MR) is 86.4 cm³/mol. The molecule has 0 amide bonds. The van der Waals surface area contributed by atoms with Gasteiger partial charge >= 0.3 is 0 Å². The van der Waals surface area contributed by atoms with E-state index in [-0.39, 0.29) is 6.61 Å². The largest absolute Gasteiger partial charge is 0.384 e. The Morgan fingerprint density at radius 1 is 1.10 bits per heavy atom. The summed E-state index contributed by atoms with van der Waals surface area (Å²) in [6, 6.07) is 13.3. The fraction of sp³-hybridized carbons (Fsp3) is 0.125. The second-order valence-corrected chi connectivity index (χ2v) is 5.84. The zero-order valence-electron chi connectivity index (χ0n) is 10.6. The van der Waals surface area contributed by atoms with Crippen LogP contribution in [0.3, 0.4) is 0 Å². The minimum absolute atomic E-state index is 0.137. The van der Waals surface area contributed by atoms with Gasteiger partial charge in [0.2, 0.25) is 0 Å². The van der Waals surface area contributed by atoms with E-state index in [4.69, 9.17) is 28.3 Å². The van der Waals surface area contributed by atoms with E-state index in [9.17, 15) is 0 Å². The third kappa shape index (κ3) is 4.19. The van der Waals surface area contributed by atoms with Crippen molar-refractivity contribution in [2.75, 3.05) is 6.61 Å². The monoisotopic (exact) mass is 322 g/mol. The zero-order chi connectivity index (χ0) is 14.4. The first-order valence-electron chi connectivity index (χ1n) is 5.96. The molecule has 0 aromatic heterocycles. The number of aliphatic hydroxyl groups excluding tert-OH is 1. The van der Waals surface area contributed by atoms with E-state index < -0.39 is 0 Å². The Labute approximate surface area is 132 Å². The lowest BCUT2D eigenvalue weighted by atomic mass is 10.1. The maximum Gasteiger partial charge on any atom is 0.104 e. The number of aliphatic hydroxyl groups is 1. The molecular formula is C16H12Cl2OS. The molecule has 2 aromatic carbocycles. The van der Waals surface area contributed by atoms with E-state index in [0.29, 0.717) is 10.0 Å². The van der Waals surface area contributed by atoms with Gasteiger partial charge < -0.3 is 5.11 Å². The molecule has 2 rings (SSSR count). The molecule has 0 bridgehead atoms. The molecule has 0 spiro atoms. The van der Waals surface area contributed by atoms with E-state index in [0.717, 1.165) is 21.8 Å². The molecule has 20 heavy (non-hydrogen) atoms.